The molecule has 1 saturated carbocycles. The van der Waals surface area contributed by atoms with Gasteiger partial charge in [0.15, 0.2) is 0 Å². The molecule has 134 valence electrons. The summed E-state index contributed by atoms with van der Waals surface area (Å²) in [6, 6.07) is 8.50. The van der Waals surface area contributed by atoms with Crippen molar-refractivity contribution >= 4 is 18.3 Å². The number of aryl methyl sites for hydroxylation is 1. The highest BCUT2D eigenvalue weighted by atomic mass is 35.5. The molecule has 2 aliphatic rings. The van der Waals surface area contributed by atoms with Gasteiger partial charge in [0, 0.05) is 12.5 Å². The van der Waals surface area contributed by atoms with Gasteiger partial charge in [-0.2, -0.15) is 0 Å². The summed E-state index contributed by atoms with van der Waals surface area (Å²) in [5, 5.41) is 3.27. The molecule has 4 nitrogen and oxygen atoms in total. The van der Waals surface area contributed by atoms with E-state index in [2.05, 4.69) is 36.5 Å². The number of nitrogens with two attached hydrogens (primary N) is 1. The van der Waals surface area contributed by atoms with E-state index >= 15 is 0 Å². The zero-order valence-corrected chi connectivity index (χ0v) is 15.2. The van der Waals surface area contributed by atoms with E-state index in [4.69, 9.17) is 10.5 Å². The predicted octanol–water partition coefficient (Wildman–Crippen LogP) is 3.13. The number of ether oxygens (including phenoxy) is 1. The van der Waals surface area contributed by atoms with Gasteiger partial charge in [-0.3, -0.25) is 4.79 Å². The molecule has 1 aromatic rings. The topological polar surface area (TPSA) is 64.3 Å². The summed E-state index contributed by atoms with van der Waals surface area (Å²) >= 11 is 0. The van der Waals surface area contributed by atoms with E-state index in [0.29, 0.717) is 12.5 Å². The Balaban J connectivity index is 0.00000208. The number of carbonyl (C=O) groups is 1. The maximum atomic E-state index is 12.7. The van der Waals surface area contributed by atoms with Crippen molar-refractivity contribution in [2.45, 2.75) is 51.2 Å². The van der Waals surface area contributed by atoms with Gasteiger partial charge in [-0.05, 0) is 50.6 Å². The lowest BCUT2D eigenvalue weighted by Gasteiger charge is -2.34. The number of amides is 1. The molecule has 4 atom stereocenters. The Bertz CT molecular complexity index is 535. The zero-order chi connectivity index (χ0) is 16.2. The van der Waals surface area contributed by atoms with Crippen LogP contribution in [0.4, 0.5) is 0 Å². The average Bonchev–Trinajstić information content (AvgIpc) is 3.05. The molecule has 3 N–H and O–H groups in total. The monoisotopic (exact) mass is 352 g/mol. The first-order valence-corrected chi connectivity index (χ1v) is 8.87. The van der Waals surface area contributed by atoms with E-state index in [-0.39, 0.29) is 36.4 Å². The third-order valence-corrected chi connectivity index (χ3v) is 5.35. The second kappa shape index (κ2) is 8.84. The van der Waals surface area contributed by atoms with Crippen LogP contribution in [0.15, 0.2) is 24.3 Å². The number of hydrogen-bond acceptors (Lipinski definition) is 3. The number of carbonyl (C=O) groups excluding carboxylic acids is 1. The molecule has 1 heterocycles. The quantitative estimate of drug-likeness (QED) is 0.875. The first-order chi connectivity index (χ1) is 11.2. The van der Waals surface area contributed by atoms with Crippen molar-refractivity contribution in [1.29, 1.82) is 0 Å². The third kappa shape index (κ3) is 4.29. The van der Waals surface area contributed by atoms with Crippen LogP contribution >= 0.6 is 12.4 Å². The first-order valence-electron chi connectivity index (χ1n) is 8.87. The molecular formula is C19H29ClN2O2. The molecule has 3 rings (SSSR count). The number of rotatable bonds is 4. The number of hydrogen-bond donors (Lipinski definition) is 2. The van der Waals surface area contributed by atoms with Crippen LogP contribution in [0, 0.1) is 18.8 Å². The minimum atomic E-state index is -0.0361. The predicted molar refractivity (Wildman–Crippen MR) is 98.2 cm³/mol. The zero-order valence-electron chi connectivity index (χ0n) is 14.4. The van der Waals surface area contributed by atoms with Gasteiger partial charge in [-0.25, -0.2) is 0 Å². The number of halogens is 1. The first kappa shape index (κ1) is 19.2. The maximum absolute atomic E-state index is 12.7. The minimum Gasteiger partial charge on any atom is -0.371 e. The summed E-state index contributed by atoms with van der Waals surface area (Å²) in [4.78, 5) is 12.7. The Morgan fingerprint density at radius 3 is 2.67 bits per heavy atom. The number of benzene rings is 1. The molecule has 0 radical (unpaired) electrons. The van der Waals surface area contributed by atoms with E-state index in [1.807, 2.05) is 0 Å². The second-order valence-electron chi connectivity index (χ2n) is 6.99. The summed E-state index contributed by atoms with van der Waals surface area (Å²) in [6.45, 7) is 3.46. The van der Waals surface area contributed by atoms with Gasteiger partial charge in [-0.1, -0.05) is 36.2 Å². The fourth-order valence-electron chi connectivity index (χ4n) is 3.97. The minimum absolute atomic E-state index is 0. The Morgan fingerprint density at radius 2 is 1.96 bits per heavy atom. The van der Waals surface area contributed by atoms with Gasteiger partial charge in [0.05, 0.1) is 6.04 Å². The van der Waals surface area contributed by atoms with Crippen molar-refractivity contribution < 1.29 is 9.53 Å². The smallest absolute Gasteiger partial charge is 0.223 e. The molecule has 5 heteroatoms. The van der Waals surface area contributed by atoms with Gasteiger partial charge in [-0.15, -0.1) is 12.4 Å². The summed E-state index contributed by atoms with van der Waals surface area (Å²) in [5.41, 5.74) is 8.22. The van der Waals surface area contributed by atoms with Crippen LogP contribution in [0.25, 0.3) is 0 Å². The highest BCUT2D eigenvalue weighted by Crippen LogP contribution is 2.33. The van der Waals surface area contributed by atoms with E-state index in [9.17, 15) is 4.79 Å². The lowest BCUT2D eigenvalue weighted by Crippen LogP contribution is -2.46. The highest BCUT2D eigenvalue weighted by Gasteiger charge is 2.35. The van der Waals surface area contributed by atoms with Crippen molar-refractivity contribution in [1.82, 2.24) is 5.32 Å². The Labute approximate surface area is 150 Å². The molecule has 1 amide bonds. The normalized spacial score (nSPS) is 29.8. The largest absolute Gasteiger partial charge is 0.371 e. The van der Waals surface area contributed by atoms with Crippen LogP contribution in [0.1, 0.15) is 49.3 Å². The summed E-state index contributed by atoms with van der Waals surface area (Å²) < 4.78 is 5.99. The molecular weight excluding hydrogens is 324 g/mol. The van der Waals surface area contributed by atoms with E-state index in [1.54, 1.807) is 0 Å². The van der Waals surface area contributed by atoms with Gasteiger partial charge in [0.1, 0.15) is 6.10 Å². The van der Waals surface area contributed by atoms with Crippen LogP contribution in [-0.4, -0.2) is 25.1 Å². The third-order valence-electron chi connectivity index (χ3n) is 5.35. The fraction of sp³-hybridized carbons (Fsp3) is 0.632. The van der Waals surface area contributed by atoms with Crippen LogP contribution in [0.3, 0.4) is 0 Å². The molecule has 0 spiro atoms. The summed E-state index contributed by atoms with van der Waals surface area (Å²) in [6.07, 6.45) is 5.10. The molecule has 2 fully saturated rings. The van der Waals surface area contributed by atoms with Crippen molar-refractivity contribution in [3.63, 3.8) is 0 Å². The van der Waals surface area contributed by atoms with Crippen LogP contribution < -0.4 is 11.1 Å². The van der Waals surface area contributed by atoms with Gasteiger partial charge < -0.3 is 15.8 Å². The van der Waals surface area contributed by atoms with E-state index < -0.39 is 0 Å². The molecule has 0 bridgehead atoms. The molecule has 1 aromatic carbocycles. The van der Waals surface area contributed by atoms with Gasteiger partial charge in [0.2, 0.25) is 5.91 Å². The van der Waals surface area contributed by atoms with Crippen molar-refractivity contribution in [3.05, 3.63) is 35.4 Å². The van der Waals surface area contributed by atoms with Crippen molar-refractivity contribution in [2.75, 3.05) is 13.2 Å². The summed E-state index contributed by atoms with van der Waals surface area (Å²) in [5.74, 6) is 0.600. The molecule has 1 aliphatic heterocycles. The van der Waals surface area contributed by atoms with E-state index in [1.165, 1.54) is 5.56 Å². The van der Waals surface area contributed by atoms with Crippen LogP contribution in [0.5, 0.6) is 0 Å². The van der Waals surface area contributed by atoms with Crippen molar-refractivity contribution in [3.8, 4) is 0 Å². The molecule has 24 heavy (non-hydrogen) atoms. The Kier molecular flexibility index (Phi) is 7.08. The van der Waals surface area contributed by atoms with Gasteiger partial charge in [0.25, 0.3) is 0 Å². The second-order valence-corrected chi connectivity index (χ2v) is 6.99. The van der Waals surface area contributed by atoms with Crippen LogP contribution in [0.2, 0.25) is 0 Å². The lowest BCUT2D eigenvalue weighted by molar-refractivity contribution is -0.129. The Hall–Kier alpha value is -1.10. The maximum Gasteiger partial charge on any atom is 0.223 e. The standard InChI is InChI=1S/C19H28N2O2.ClH/c1-13-7-9-14(10-8-13)18-17(6-3-11-23-18)21-19(22)16-5-2-4-15(16)12-20;/h7-10,15-18H,2-6,11-12,20H2,1H3,(H,21,22);1H/t15-,16-,17?,18?;/m1./s1. The average molecular weight is 353 g/mol. The SMILES string of the molecule is Cc1ccc(C2OCCCC2NC(=O)[C@@H]2CCC[C@@H]2CN)cc1.Cl. The van der Waals surface area contributed by atoms with E-state index in [0.717, 1.165) is 44.3 Å². The van der Waals surface area contributed by atoms with Crippen LogP contribution in [-0.2, 0) is 9.53 Å². The van der Waals surface area contributed by atoms with Gasteiger partial charge >= 0.3 is 0 Å². The molecule has 0 aromatic heterocycles. The summed E-state index contributed by atoms with van der Waals surface area (Å²) in [7, 11) is 0. The molecule has 1 saturated heterocycles. The lowest BCUT2D eigenvalue weighted by atomic mass is 9.92. The molecule has 2 unspecified atom stereocenters. The van der Waals surface area contributed by atoms with Crippen molar-refractivity contribution in [2.24, 2.45) is 17.6 Å². The Morgan fingerprint density at radius 1 is 1.21 bits per heavy atom. The molecule has 1 aliphatic carbocycles. The fourth-order valence-corrected chi connectivity index (χ4v) is 3.97. The number of nitrogens with one attached hydrogen (secondary N) is 1. The highest BCUT2D eigenvalue weighted by molar-refractivity contribution is 5.85.